The fraction of sp³-hybridized carbons (Fsp3) is 0. The molecule has 4 nitrogen and oxygen atoms in total. The third-order valence-electron chi connectivity index (χ3n) is 2.30. The summed E-state index contributed by atoms with van der Waals surface area (Å²) >= 11 is 6.12. The van der Waals surface area contributed by atoms with Crippen molar-refractivity contribution in [3.8, 4) is 11.5 Å². The first-order chi connectivity index (χ1) is 9.38. The predicted octanol–water partition coefficient (Wildman–Crippen LogP) is 5.19. The van der Waals surface area contributed by atoms with E-state index in [0.717, 1.165) is 6.07 Å². The van der Waals surface area contributed by atoms with Crippen LogP contribution in [0.25, 0.3) is 0 Å². The Labute approximate surface area is 128 Å². The third-order valence-corrected chi connectivity index (χ3v) is 3.25. The zero-order chi connectivity index (χ0) is 14.9. The number of ether oxygens (including phenoxy) is 1. The molecular weight excluding hydrogens is 404 g/mol. The highest BCUT2D eigenvalue weighted by Gasteiger charge is 2.19. The Hall–Kier alpha value is -1.54. The van der Waals surface area contributed by atoms with Gasteiger partial charge in [0, 0.05) is 21.1 Å². The highest BCUT2D eigenvalue weighted by molar-refractivity contribution is 9.10. The molecule has 0 bridgehead atoms. The molecule has 20 heavy (non-hydrogen) atoms. The van der Waals surface area contributed by atoms with Crippen LogP contribution in [0.1, 0.15) is 0 Å². The molecule has 2 rings (SSSR count). The molecule has 8 heteroatoms. The van der Waals surface area contributed by atoms with Gasteiger partial charge >= 0.3 is 5.69 Å². The molecule has 2 aromatic rings. The summed E-state index contributed by atoms with van der Waals surface area (Å²) in [6.07, 6.45) is 0. The maximum atomic E-state index is 13.6. The van der Waals surface area contributed by atoms with Gasteiger partial charge in [-0.15, -0.1) is 0 Å². The Morgan fingerprint density at radius 3 is 2.35 bits per heavy atom. The molecule has 104 valence electrons. The molecular formula is C12H5Br2F2NO3. The van der Waals surface area contributed by atoms with Crippen molar-refractivity contribution in [1.82, 2.24) is 0 Å². The average Bonchev–Trinajstić information content (AvgIpc) is 2.35. The van der Waals surface area contributed by atoms with Crippen LogP contribution in [0.5, 0.6) is 11.5 Å². The normalized spacial score (nSPS) is 10.4. The van der Waals surface area contributed by atoms with E-state index in [2.05, 4.69) is 31.9 Å². The predicted molar refractivity (Wildman–Crippen MR) is 74.9 cm³/mol. The lowest BCUT2D eigenvalue weighted by molar-refractivity contribution is -0.385. The number of hydrogen-bond acceptors (Lipinski definition) is 3. The van der Waals surface area contributed by atoms with Gasteiger partial charge in [0.1, 0.15) is 0 Å². The van der Waals surface area contributed by atoms with E-state index in [1.807, 2.05) is 0 Å². The summed E-state index contributed by atoms with van der Waals surface area (Å²) in [4.78, 5) is 10.2. The fourth-order valence-corrected chi connectivity index (χ4v) is 2.19. The van der Waals surface area contributed by atoms with Crippen molar-refractivity contribution in [2.45, 2.75) is 0 Å². The van der Waals surface area contributed by atoms with Crippen LogP contribution in [0.3, 0.4) is 0 Å². The van der Waals surface area contributed by atoms with Crippen LogP contribution >= 0.6 is 31.9 Å². The van der Waals surface area contributed by atoms with Gasteiger partial charge < -0.3 is 4.74 Å². The fourth-order valence-electron chi connectivity index (χ4n) is 1.45. The van der Waals surface area contributed by atoms with E-state index < -0.39 is 22.3 Å². The summed E-state index contributed by atoms with van der Waals surface area (Å²) in [5.74, 6) is -2.98. The number of nitro benzene ring substituents is 1. The minimum Gasteiger partial charge on any atom is -0.447 e. The molecule has 0 unspecified atom stereocenters. The molecule has 0 fully saturated rings. The summed E-state index contributed by atoms with van der Waals surface area (Å²) in [6, 6.07) is 6.06. The molecule has 0 saturated heterocycles. The number of halogens is 4. The number of nitrogens with zero attached hydrogens (tertiary/aromatic N) is 1. The van der Waals surface area contributed by atoms with Gasteiger partial charge in [0.05, 0.1) is 4.92 Å². The van der Waals surface area contributed by atoms with Gasteiger partial charge in [-0.05, 0) is 18.2 Å². The zero-order valence-corrected chi connectivity index (χ0v) is 12.7. The van der Waals surface area contributed by atoms with E-state index >= 15 is 0 Å². The summed E-state index contributed by atoms with van der Waals surface area (Å²) in [5, 5.41) is 10.9. The van der Waals surface area contributed by atoms with Gasteiger partial charge in [-0.1, -0.05) is 31.9 Å². The number of nitro groups is 1. The van der Waals surface area contributed by atoms with E-state index in [9.17, 15) is 18.9 Å². The first kappa shape index (κ1) is 14.9. The van der Waals surface area contributed by atoms with Crippen molar-refractivity contribution in [3.63, 3.8) is 0 Å². The largest absolute Gasteiger partial charge is 0.447 e. The summed E-state index contributed by atoms with van der Waals surface area (Å²) in [7, 11) is 0. The smallest absolute Gasteiger partial charge is 0.311 e. The monoisotopic (exact) mass is 407 g/mol. The number of hydrogen-bond donors (Lipinski definition) is 0. The Kier molecular flexibility index (Phi) is 4.34. The molecule has 2 aromatic carbocycles. The average molecular weight is 409 g/mol. The van der Waals surface area contributed by atoms with Crippen molar-refractivity contribution in [2.75, 3.05) is 0 Å². The second-order valence-electron chi connectivity index (χ2n) is 3.67. The van der Waals surface area contributed by atoms with Crippen LogP contribution in [0.15, 0.2) is 39.3 Å². The summed E-state index contributed by atoms with van der Waals surface area (Å²) in [6.45, 7) is 0. The molecule has 0 saturated carbocycles. The maximum absolute atomic E-state index is 13.6. The summed E-state index contributed by atoms with van der Waals surface area (Å²) < 4.78 is 32.7. The van der Waals surface area contributed by atoms with Crippen LogP contribution in [-0.4, -0.2) is 4.92 Å². The minimum absolute atomic E-state index is 0.194. The second kappa shape index (κ2) is 5.84. The van der Waals surface area contributed by atoms with Gasteiger partial charge in [-0.2, -0.15) is 4.39 Å². The molecule has 0 atom stereocenters. The molecule has 0 spiro atoms. The highest BCUT2D eigenvalue weighted by Crippen LogP contribution is 2.36. The SMILES string of the molecule is O=[N+]([O-])c1ccc(Br)cc1Oc1cc(Br)cc(F)c1F. The Balaban J connectivity index is 2.50. The van der Waals surface area contributed by atoms with Gasteiger partial charge in [0.2, 0.25) is 11.6 Å². The van der Waals surface area contributed by atoms with Crippen molar-refractivity contribution in [1.29, 1.82) is 0 Å². The molecule has 0 aromatic heterocycles. The number of benzene rings is 2. The van der Waals surface area contributed by atoms with E-state index in [-0.39, 0.29) is 15.9 Å². The highest BCUT2D eigenvalue weighted by atomic mass is 79.9. The molecule has 0 amide bonds. The van der Waals surface area contributed by atoms with E-state index in [4.69, 9.17) is 4.74 Å². The number of rotatable bonds is 3. The van der Waals surface area contributed by atoms with Crippen molar-refractivity contribution < 1.29 is 18.4 Å². The standard InChI is InChI=1S/C12H5Br2F2NO3/c13-6-1-2-9(17(18)19)10(4-6)20-11-5-7(14)3-8(15)12(11)16/h1-5H. The first-order valence-corrected chi connectivity index (χ1v) is 6.73. The molecule has 0 heterocycles. The molecule has 0 N–H and O–H groups in total. The minimum atomic E-state index is -1.22. The van der Waals surface area contributed by atoms with Crippen LogP contribution < -0.4 is 4.74 Å². The van der Waals surface area contributed by atoms with Crippen LogP contribution in [0.2, 0.25) is 0 Å². The van der Waals surface area contributed by atoms with Gasteiger partial charge in [-0.25, -0.2) is 4.39 Å². The molecule has 0 aliphatic heterocycles. The first-order valence-electron chi connectivity index (χ1n) is 5.15. The molecule has 0 aliphatic rings. The van der Waals surface area contributed by atoms with E-state index in [0.29, 0.717) is 4.47 Å². The van der Waals surface area contributed by atoms with Gasteiger partial charge in [-0.3, -0.25) is 10.1 Å². The molecule has 0 aliphatic carbocycles. The van der Waals surface area contributed by atoms with Crippen molar-refractivity contribution >= 4 is 37.5 Å². The molecule has 0 radical (unpaired) electrons. The lowest BCUT2D eigenvalue weighted by Gasteiger charge is -2.08. The van der Waals surface area contributed by atoms with E-state index in [1.54, 1.807) is 0 Å². The van der Waals surface area contributed by atoms with Crippen molar-refractivity contribution in [3.05, 3.63) is 61.0 Å². The van der Waals surface area contributed by atoms with Gasteiger partial charge in [0.25, 0.3) is 0 Å². The van der Waals surface area contributed by atoms with Crippen LogP contribution in [-0.2, 0) is 0 Å². The quantitative estimate of drug-likeness (QED) is 0.399. The second-order valence-corrected chi connectivity index (χ2v) is 5.50. The third kappa shape index (κ3) is 3.13. The topological polar surface area (TPSA) is 52.4 Å². The lowest BCUT2D eigenvalue weighted by Crippen LogP contribution is -1.96. The Morgan fingerprint density at radius 2 is 1.70 bits per heavy atom. The van der Waals surface area contributed by atoms with Gasteiger partial charge in [0.15, 0.2) is 11.6 Å². The maximum Gasteiger partial charge on any atom is 0.311 e. The summed E-state index contributed by atoms with van der Waals surface area (Å²) in [5.41, 5.74) is -0.354. The van der Waals surface area contributed by atoms with Crippen LogP contribution in [0, 0.1) is 21.7 Å². The van der Waals surface area contributed by atoms with E-state index in [1.165, 1.54) is 24.3 Å². The van der Waals surface area contributed by atoms with Crippen LogP contribution in [0.4, 0.5) is 14.5 Å². The lowest BCUT2D eigenvalue weighted by atomic mass is 10.3. The Morgan fingerprint density at radius 1 is 1.05 bits per heavy atom. The van der Waals surface area contributed by atoms with Crippen molar-refractivity contribution in [2.24, 2.45) is 0 Å². The zero-order valence-electron chi connectivity index (χ0n) is 9.57. The Bertz CT molecular complexity index is 695.